The van der Waals surface area contributed by atoms with Gasteiger partial charge < -0.3 is 123 Å². The third-order valence-corrected chi connectivity index (χ3v) is 12.9. The van der Waals surface area contributed by atoms with Gasteiger partial charge in [-0.25, -0.2) is 4.79 Å². The molecule has 0 aromatic heterocycles. The van der Waals surface area contributed by atoms with Gasteiger partial charge in [-0.3, -0.25) is 14.4 Å². The predicted octanol–water partition coefficient (Wildman–Crippen LogP) is -1.70. The Kier molecular flexibility index (Phi) is 19.2. The van der Waals surface area contributed by atoms with Crippen molar-refractivity contribution < 1.29 is 138 Å². The Hall–Kier alpha value is -8.43. The Morgan fingerprint density at radius 3 is 1.46 bits per heavy atom. The maximum atomic E-state index is 12.7. The van der Waals surface area contributed by atoms with Gasteiger partial charge in [0.2, 0.25) is 31.2 Å². The number of aliphatic hydroxyl groups excluding tert-OH is 9. The molecule has 0 bridgehead atoms. The SMILES string of the molecule is O=C(O)CC(=O)OC[C@H]1O[C@@H](Oc2cc3c(O)cc(=O)cc-3oc2-c2cc(O[C@@H]3O[C@H](COC(=O)C=Cc4ccc(O)cc4)[C@@H](O)[C@H](O)[C@H]3O)c(O)c(O[C@@H]3O[C@H](COC(=[OH+])C=Cc4ccc(O)cc4)[C@@H](O)[C@H](O)[C@H]3O)c2)[C@H](O)[C@@H](O)[C@@H]1O. The number of esters is 3. The number of fused-ring (bicyclic) bond motifs is 1. The average Bonchev–Trinajstić information content (AvgIpc) is 3.61. The van der Waals surface area contributed by atoms with Gasteiger partial charge in [-0.1, -0.05) is 24.3 Å². The van der Waals surface area contributed by atoms with E-state index >= 15 is 0 Å². The molecule has 5 aliphatic rings. The first-order valence-electron chi connectivity index (χ1n) is 24.9. The van der Waals surface area contributed by atoms with E-state index in [0.29, 0.717) is 11.1 Å². The molecule has 29 nitrogen and oxygen atoms in total. The summed E-state index contributed by atoms with van der Waals surface area (Å²) in [6.45, 7) is -2.42. The number of aliphatic hydroxyl groups is 9. The van der Waals surface area contributed by atoms with Crippen LogP contribution >= 0.6 is 0 Å². The molecule has 0 unspecified atom stereocenters. The van der Waals surface area contributed by atoms with E-state index in [1.807, 2.05) is 0 Å². The van der Waals surface area contributed by atoms with E-state index in [-0.39, 0.29) is 22.8 Å². The Balaban J connectivity index is 1.15. The second-order valence-corrected chi connectivity index (χ2v) is 18.9. The number of aromatic hydroxyl groups is 4. The molecule has 0 saturated carbocycles. The van der Waals surface area contributed by atoms with Crippen LogP contribution in [0.4, 0.5) is 0 Å². The third-order valence-electron chi connectivity index (χ3n) is 12.9. The minimum atomic E-state index is -2.19. The van der Waals surface area contributed by atoms with Crippen LogP contribution in [0.1, 0.15) is 17.5 Å². The van der Waals surface area contributed by atoms with Crippen molar-refractivity contribution in [1.29, 1.82) is 0 Å². The summed E-state index contributed by atoms with van der Waals surface area (Å²) >= 11 is 0. The summed E-state index contributed by atoms with van der Waals surface area (Å²) in [5, 5.41) is 150. The smallest absolute Gasteiger partial charge is 0.508 e. The predicted molar refractivity (Wildman–Crippen MR) is 274 cm³/mol. The molecule has 3 aromatic carbocycles. The summed E-state index contributed by atoms with van der Waals surface area (Å²) in [6, 6.07) is 16.0. The number of carboxylic acid groups (broad SMARTS) is 1. The number of phenolic OH excluding ortho intramolecular Hbond substituents is 4. The van der Waals surface area contributed by atoms with Gasteiger partial charge >= 0.3 is 23.9 Å². The maximum Gasteiger partial charge on any atom is 0.510 e. The topological polar surface area (TPSA) is 469 Å². The summed E-state index contributed by atoms with van der Waals surface area (Å²) in [5.74, 6) is -9.60. The van der Waals surface area contributed by atoms with Crippen LogP contribution in [-0.4, -0.2) is 212 Å². The number of hydrogen-bond donors (Lipinski definition) is 14. The van der Waals surface area contributed by atoms with Crippen LogP contribution in [0, 0.1) is 0 Å². The number of carbonyl (C=O) groups excluding carboxylic acids is 3. The fraction of sp³-hybridized carbons (Fsp3) is 0.352. The molecule has 29 heteroatoms. The Morgan fingerprint density at radius 2 is 0.976 bits per heavy atom. The van der Waals surface area contributed by atoms with E-state index in [2.05, 4.69) is 0 Å². The molecular weight excluding hydrogens is 1110 g/mol. The standard InChI is InChI=1S/C54H54O29/c55-25-7-1-22(2-8-25)5-11-38(61)74-19-34-42(65)45(68)48(71)52(81-34)78-31-13-24(14-32(41(31)64)79-53-49(72)46(69)43(66)35(82-53)20-75-39(62)12-6-23-3-9-26(56)10-4-23)51-33(17-28-29(58)15-27(57)16-30(28)77-51)80-54-50(73)47(70)44(67)36(83-54)21-76-40(63)18-37(59)60/h1-17,34-36,42-50,52-56,58,64-73H,18-21H2,(H,59,60)/p+1/t34-,35-,36-,42-,43-,44-,45+,46+,47+,48-,49-,50-,52-,53-,54-/m1/s1. The highest BCUT2D eigenvalue weighted by atomic mass is 16.7. The van der Waals surface area contributed by atoms with Crippen molar-refractivity contribution in [2.45, 2.75) is 98.5 Å². The van der Waals surface area contributed by atoms with Crippen molar-refractivity contribution in [2.75, 3.05) is 19.8 Å². The van der Waals surface area contributed by atoms with Crippen molar-refractivity contribution in [1.82, 2.24) is 0 Å². The Morgan fingerprint density at radius 1 is 0.530 bits per heavy atom. The van der Waals surface area contributed by atoms with Crippen LogP contribution in [0.3, 0.4) is 0 Å². The highest BCUT2D eigenvalue weighted by Gasteiger charge is 2.49. The van der Waals surface area contributed by atoms with Gasteiger partial charge in [0.25, 0.3) is 0 Å². The van der Waals surface area contributed by atoms with E-state index < -0.39 is 188 Å². The average molecular weight is 1170 g/mol. The van der Waals surface area contributed by atoms with Crippen molar-refractivity contribution in [3.63, 3.8) is 0 Å². The number of hydrogen-bond acceptors (Lipinski definition) is 27. The molecule has 0 radical (unpaired) electrons. The zero-order valence-electron chi connectivity index (χ0n) is 42.7. The summed E-state index contributed by atoms with van der Waals surface area (Å²) in [7, 11) is 0. The van der Waals surface area contributed by atoms with Crippen molar-refractivity contribution >= 4 is 36.0 Å². The molecular formula is C54H55O29+. The summed E-state index contributed by atoms with van der Waals surface area (Å²) in [4.78, 5) is 59.1. The lowest BCUT2D eigenvalue weighted by molar-refractivity contribution is -0.279. The highest BCUT2D eigenvalue weighted by Crippen LogP contribution is 2.48. The maximum absolute atomic E-state index is 12.7. The van der Waals surface area contributed by atoms with Crippen molar-refractivity contribution in [3.05, 3.63) is 112 Å². The van der Waals surface area contributed by atoms with Gasteiger partial charge in [0.15, 0.2) is 34.5 Å². The fourth-order valence-corrected chi connectivity index (χ4v) is 8.47. The number of carboxylic acids is 1. The van der Waals surface area contributed by atoms with E-state index in [0.717, 1.165) is 42.5 Å². The first-order valence-corrected chi connectivity index (χ1v) is 24.9. The summed E-state index contributed by atoms with van der Waals surface area (Å²) in [5.41, 5.74) is -0.470. The molecule has 3 saturated heterocycles. The van der Waals surface area contributed by atoms with Gasteiger partial charge in [0.05, 0.1) is 11.6 Å². The fourth-order valence-electron chi connectivity index (χ4n) is 8.47. The normalized spacial score (nSPS) is 28.1. The van der Waals surface area contributed by atoms with E-state index in [9.17, 15) is 90.4 Å². The van der Waals surface area contributed by atoms with Crippen molar-refractivity contribution in [2.24, 2.45) is 0 Å². The lowest BCUT2D eigenvalue weighted by atomic mass is 9.99. The first kappa shape index (κ1) is 60.7. The van der Waals surface area contributed by atoms with E-state index in [1.165, 1.54) is 60.7 Å². The molecule has 3 aromatic rings. The molecule has 0 spiro atoms. The monoisotopic (exact) mass is 1170 g/mol. The molecule has 0 amide bonds. The van der Waals surface area contributed by atoms with Crippen LogP contribution in [0.2, 0.25) is 0 Å². The number of aliphatic carboxylic acids is 1. The molecule has 15 atom stereocenters. The number of ether oxygens (including phenoxy) is 9. The van der Waals surface area contributed by atoms with Crippen molar-refractivity contribution in [3.8, 4) is 62.9 Å². The van der Waals surface area contributed by atoms with Gasteiger partial charge in [0, 0.05) is 23.8 Å². The van der Waals surface area contributed by atoms with Crippen LogP contribution in [0.25, 0.3) is 34.8 Å². The van der Waals surface area contributed by atoms with Crippen LogP contribution in [0.5, 0.6) is 40.2 Å². The van der Waals surface area contributed by atoms with Crippen LogP contribution in [-0.2, 0) is 42.8 Å². The molecule has 8 rings (SSSR count). The lowest BCUT2D eigenvalue weighted by Crippen LogP contribution is -2.60. The largest absolute Gasteiger partial charge is 0.510 e. The van der Waals surface area contributed by atoms with Gasteiger partial charge in [0.1, 0.15) is 110 Å². The van der Waals surface area contributed by atoms with Crippen LogP contribution in [0.15, 0.2) is 100 Å². The minimum absolute atomic E-state index is 0.0233. The lowest BCUT2D eigenvalue weighted by Gasteiger charge is -2.40. The quantitative estimate of drug-likeness (QED) is 0.0144. The molecule has 4 heterocycles. The molecule has 83 heavy (non-hydrogen) atoms. The molecule has 3 fully saturated rings. The zero-order chi connectivity index (χ0) is 60.0. The van der Waals surface area contributed by atoms with Crippen LogP contribution < -0.4 is 19.6 Å². The number of carbonyl (C=O) groups is 3. The summed E-state index contributed by atoms with van der Waals surface area (Å²) < 4.78 is 56.6. The molecule has 1 aliphatic carbocycles. The molecule has 4 aliphatic heterocycles. The minimum Gasteiger partial charge on any atom is -0.508 e. The summed E-state index contributed by atoms with van der Waals surface area (Å²) in [6.07, 6.45) is -26.4. The van der Waals surface area contributed by atoms with Gasteiger partial charge in [-0.05, 0) is 65.7 Å². The Bertz CT molecular complexity index is 3070. The molecule has 444 valence electrons. The second kappa shape index (κ2) is 26.2. The Labute approximate surface area is 466 Å². The zero-order valence-corrected chi connectivity index (χ0v) is 42.7. The highest BCUT2D eigenvalue weighted by molar-refractivity contribution is 5.90. The second-order valence-electron chi connectivity index (χ2n) is 18.9. The number of phenols is 4. The van der Waals surface area contributed by atoms with Gasteiger partial charge in [-0.2, -0.15) is 0 Å². The van der Waals surface area contributed by atoms with E-state index in [4.69, 9.17) is 52.2 Å². The third kappa shape index (κ3) is 14.6. The number of benzene rings is 4. The first-order chi connectivity index (χ1) is 39.4. The number of rotatable bonds is 19. The van der Waals surface area contributed by atoms with E-state index in [1.54, 1.807) is 0 Å². The van der Waals surface area contributed by atoms with Gasteiger partial charge in [-0.15, -0.1) is 0 Å². The molecule has 15 N–H and O–H groups in total.